The van der Waals surface area contributed by atoms with Gasteiger partial charge in [0.25, 0.3) is 5.91 Å². The van der Waals surface area contributed by atoms with Crippen LogP contribution in [0.2, 0.25) is 5.02 Å². The maximum Gasteiger partial charge on any atom is 0.338 e. The summed E-state index contributed by atoms with van der Waals surface area (Å²) in [6.45, 7) is 2.11. The van der Waals surface area contributed by atoms with Gasteiger partial charge in [0.15, 0.2) is 6.10 Å². The van der Waals surface area contributed by atoms with Gasteiger partial charge >= 0.3 is 5.97 Å². The van der Waals surface area contributed by atoms with Crippen LogP contribution in [0.1, 0.15) is 34.8 Å². The molecule has 3 aromatic rings. The molecule has 0 fully saturated rings. The first-order valence-electron chi connectivity index (χ1n) is 11.2. The zero-order valence-corrected chi connectivity index (χ0v) is 20.7. The summed E-state index contributed by atoms with van der Waals surface area (Å²) >= 11 is 6.14. The lowest BCUT2D eigenvalue weighted by Gasteiger charge is -2.31. The molecular formula is C26H25ClN2O5S. The van der Waals surface area contributed by atoms with Gasteiger partial charge in [0, 0.05) is 18.8 Å². The minimum Gasteiger partial charge on any atom is -0.449 e. The molecule has 3 aromatic carbocycles. The van der Waals surface area contributed by atoms with Gasteiger partial charge < -0.3 is 9.64 Å². The highest BCUT2D eigenvalue weighted by molar-refractivity contribution is 7.89. The quantitative estimate of drug-likeness (QED) is 0.475. The molecule has 7 nitrogen and oxygen atoms in total. The fraction of sp³-hybridized carbons (Fsp3) is 0.231. The van der Waals surface area contributed by atoms with E-state index in [0.717, 1.165) is 35.7 Å². The minimum atomic E-state index is -4.01. The van der Waals surface area contributed by atoms with Crippen molar-refractivity contribution in [2.45, 2.75) is 37.3 Å². The normalized spacial score (nSPS) is 14.2. The Bertz CT molecular complexity index is 1340. The van der Waals surface area contributed by atoms with Crippen LogP contribution in [0.4, 0.5) is 5.69 Å². The highest BCUT2D eigenvalue weighted by atomic mass is 35.5. The van der Waals surface area contributed by atoms with Crippen LogP contribution in [0.3, 0.4) is 0 Å². The number of carbonyl (C=O) groups excluding carboxylic acids is 2. The lowest BCUT2D eigenvalue weighted by molar-refractivity contribution is -0.126. The van der Waals surface area contributed by atoms with E-state index in [1.165, 1.54) is 19.1 Å². The Balaban J connectivity index is 1.47. The zero-order chi connectivity index (χ0) is 25.0. The van der Waals surface area contributed by atoms with Crippen LogP contribution in [0, 0.1) is 0 Å². The molecule has 0 saturated carbocycles. The second-order valence-electron chi connectivity index (χ2n) is 8.23. The van der Waals surface area contributed by atoms with Gasteiger partial charge in [0.2, 0.25) is 10.0 Å². The lowest BCUT2D eigenvalue weighted by Crippen LogP contribution is -2.42. The molecule has 0 aromatic heterocycles. The predicted octanol–water partition coefficient (Wildman–Crippen LogP) is 4.34. The van der Waals surface area contributed by atoms with Crippen LogP contribution in [0.5, 0.6) is 0 Å². The van der Waals surface area contributed by atoms with Crippen LogP contribution < -0.4 is 9.62 Å². The average molecular weight is 513 g/mol. The zero-order valence-electron chi connectivity index (χ0n) is 19.1. The summed E-state index contributed by atoms with van der Waals surface area (Å²) in [5, 5.41) is -0.0313. The number of ether oxygens (including phenoxy) is 1. The van der Waals surface area contributed by atoms with E-state index in [1.54, 1.807) is 29.2 Å². The molecule has 35 heavy (non-hydrogen) atoms. The highest BCUT2D eigenvalue weighted by Crippen LogP contribution is 2.28. The van der Waals surface area contributed by atoms with E-state index in [4.69, 9.17) is 16.3 Å². The van der Waals surface area contributed by atoms with Crippen molar-refractivity contribution in [1.82, 2.24) is 4.72 Å². The molecule has 0 unspecified atom stereocenters. The van der Waals surface area contributed by atoms with E-state index in [1.807, 2.05) is 30.3 Å². The van der Waals surface area contributed by atoms with Crippen molar-refractivity contribution in [3.8, 4) is 0 Å². The number of nitrogens with zero attached hydrogens (tertiary/aromatic N) is 1. The first-order valence-corrected chi connectivity index (χ1v) is 13.1. The molecule has 0 saturated heterocycles. The number of nitrogens with one attached hydrogen (secondary N) is 1. The van der Waals surface area contributed by atoms with E-state index in [0.29, 0.717) is 6.54 Å². The van der Waals surface area contributed by atoms with Crippen molar-refractivity contribution in [2.24, 2.45) is 0 Å². The Morgan fingerprint density at radius 1 is 1.06 bits per heavy atom. The van der Waals surface area contributed by atoms with E-state index in [9.17, 15) is 18.0 Å². The van der Waals surface area contributed by atoms with Crippen LogP contribution in [-0.2, 0) is 32.5 Å². The van der Waals surface area contributed by atoms with E-state index >= 15 is 0 Å². The molecule has 1 atom stereocenters. The van der Waals surface area contributed by atoms with Crippen molar-refractivity contribution in [3.63, 3.8) is 0 Å². The number of para-hydroxylation sites is 1. The molecule has 182 valence electrons. The van der Waals surface area contributed by atoms with Gasteiger partial charge in [-0.15, -0.1) is 0 Å². The number of anilines is 1. The van der Waals surface area contributed by atoms with Crippen molar-refractivity contribution in [3.05, 3.63) is 94.5 Å². The molecular weight excluding hydrogens is 488 g/mol. The largest absolute Gasteiger partial charge is 0.449 e. The summed E-state index contributed by atoms with van der Waals surface area (Å²) in [5.41, 5.74) is 2.64. The third kappa shape index (κ3) is 5.73. The number of rotatable bonds is 7. The second-order valence-corrected chi connectivity index (χ2v) is 10.4. The van der Waals surface area contributed by atoms with Crippen LogP contribution in [0.15, 0.2) is 77.7 Å². The number of carbonyl (C=O) groups is 2. The summed E-state index contributed by atoms with van der Waals surface area (Å²) in [4.78, 5) is 27.2. The maximum absolute atomic E-state index is 13.0. The van der Waals surface area contributed by atoms with E-state index < -0.39 is 22.1 Å². The van der Waals surface area contributed by atoms with Gasteiger partial charge in [-0.3, -0.25) is 4.79 Å². The number of benzene rings is 3. The summed E-state index contributed by atoms with van der Waals surface area (Å²) in [6.07, 6.45) is 0.646. The van der Waals surface area contributed by atoms with Crippen LogP contribution >= 0.6 is 11.6 Å². The van der Waals surface area contributed by atoms with Crippen LogP contribution in [0.25, 0.3) is 0 Å². The van der Waals surface area contributed by atoms with Crippen molar-refractivity contribution in [2.75, 3.05) is 11.4 Å². The molecule has 1 aliphatic rings. The van der Waals surface area contributed by atoms with Crippen molar-refractivity contribution < 1.29 is 22.7 Å². The van der Waals surface area contributed by atoms with Crippen LogP contribution in [-0.4, -0.2) is 32.9 Å². The Hall–Kier alpha value is -3.20. The fourth-order valence-corrected chi connectivity index (χ4v) is 5.49. The van der Waals surface area contributed by atoms with Crippen molar-refractivity contribution in [1.29, 1.82) is 0 Å². The molecule has 0 aliphatic carbocycles. The van der Waals surface area contributed by atoms with Gasteiger partial charge in [-0.05, 0) is 55.2 Å². The van der Waals surface area contributed by atoms with E-state index in [2.05, 4.69) is 4.72 Å². The predicted molar refractivity (Wildman–Crippen MR) is 134 cm³/mol. The topological polar surface area (TPSA) is 92.8 Å². The van der Waals surface area contributed by atoms with Gasteiger partial charge in [0.05, 0.1) is 10.6 Å². The number of halogens is 1. The molecule has 0 bridgehead atoms. The molecule has 4 rings (SSSR count). The van der Waals surface area contributed by atoms with Gasteiger partial charge in [-0.2, -0.15) is 0 Å². The third-order valence-corrected chi connectivity index (χ3v) is 7.66. The average Bonchev–Trinajstić information content (AvgIpc) is 2.87. The molecule has 1 heterocycles. The number of fused-ring (bicyclic) bond motifs is 1. The summed E-state index contributed by atoms with van der Waals surface area (Å²) < 4.78 is 33.6. The minimum absolute atomic E-state index is 0.0202. The van der Waals surface area contributed by atoms with Crippen molar-refractivity contribution >= 4 is 39.2 Å². The number of esters is 1. The van der Waals surface area contributed by atoms with Gasteiger partial charge in [-0.25, -0.2) is 17.9 Å². The first-order chi connectivity index (χ1) is 16.8. The Kier molecular flexibility index (Phi) is 7.54. The molecule has 0 spiro atoms. The maximum atomic E-state index is 13.0. The number of hydrogen-bond acceptors (Lipinski definition) is 5. The molecule has 1 aliphatic heterocycles. The van der Waals surface area contributed by atoms with Gasteiger partial charge in [-0.1, -0.05) is 60.1 Å². The number of sulfonamides is 1. The number of amides is 1. The standard InChI is InChI=1S/C26H25ClN2O5S/c1-18(25(30)29-15-7-11-20-10-5-6-12-23(20)29)34-26(31)21-13-14-22(27)24(16-21)35(32,33)28-17-19-8-3-2-4-9-19/h2-6,8-10,12-14,16,18,28H,7,11,15,17H2,1H3/t18-/m0/s1. The Labute approximate surface area is 209 Å². The second kappa shape index (κ2) is 10.6. The molecule has 0 radical (unpaired) electrons. The first kappa shape index (κ1) is 24.9. The summed E-state index contributed by atoms with van der Waals surface area (Å²) in [5.74, 6) is -1.15. The highest BCUT2D eigenvalue weighted by Gasteiger charge is 2.29. The Morgan fingerprint density at radius 2 is 1.77 bits per heavy atom. The summed E-state index contributed by atoms with van der Waals surface area (Å²) in [7, 11) is -4.01. The number of aryl methyl sites for hydroxylation is 1. The molecule has 1 N–H and O–H groups in total. The monoisotopic (exact) mass is 512 g/mol. The Morgan fingerprint density at radius 3 is 2.54 bits per heavy atom. The fourth-order valence-electron chi connectivity index (χ4n) is 3.95. The van der Waals surface area contributed by atoms with Gasteiger partial charge in [0.1, 0.15) is 4.90 Å². The molecule has 1 amide bonds. The van der Waals surface area contributed by atoms with E-state index in [-0.39, 0.29) is 27.9 Å². The smallest absolute Gasteiger partial charge is 0.338 e. The number of hydrogen-bond donors (Lipinski definition) is 1. The molecule has 9 heteroatoms. The SMILES string of the molecule is C[C@H](OC(=O)c1ccc(Cl)c(S(=O)(=O)NCc2ccccc2)c1)C(=O)N1CCCc2ccccc21. The summed E-state index contributed by atoms with van der Waals surface area (Å²) in [6, 6.07) is 20.5. The lowest BCUT2D eigenvalue weighted by atomic mass is 10.0. The third-order valence-electron chi connectivity index (χ3n) is 5.77.